The third-order valence-corrected chi connectivity index (χ3v) is 4.65. The minimum absolute atomic E-state index is 0.460. The third-order valence-electron chi connectivity index (χ3n) is 3.06. The van der Waals surface area contributed by atoms with Gasteiger partial charge in [0.05, 0.1) is 0 Å². The zero-order chi connectivity index (χ0) is 13.6. The van der Waals surface area contributed by atoms with Crippen LogP contribution in [-0.4, -0.2) is 8.90 Å². The monoisotopic (exact) mass is 314 g/mol. The van der Waals surface area contributed by atoms with Gasteiger partial charge >= 0.3 is 0 Å². The van der Waals surface area contributed by atoms with Crippen LogP contribution in [0.1, 0.15) is 27.8 Å². The molecule has 1 aromatic rings. The zero-order valence-electron chi connectivity index (χ0n) is 10.0. The first kappa shape index (κ1) is 15.4. The van der Waals surface area contributed by atoms with Crippen molar-refractivity contribution in [3.8, 4) is 0 Å². The summed E-state index contributed by atoms with van der Waals surface area (Å²) < 4.78 is -1.99. The molecule has 0 aliphatic rings. The highest BCUT2D eigenvalue weighted by Crippen LogP contribution is 2.50. The van der Waals surface area contributed by atoms with Gasteiger partial charge < -0.3 is 5.11 Å². The maximum atomic E-state index is 10.3. The Morgan fingerprint density at radius 3 is 1.76 bits per heavy atom. The molecule has 96 valence electrons. The molecule has 0 heterocycles. The largest absolute Gasteiger partial charge is 0.368 e. The Balaban J connectivity index is 3.58. The Labute approximate surface area is 122 Å². The fraction of sp³-hybridized carbons (Fsp3) is 0.500. The average Bonchev–Trinajstić information content (AvgIpc) is 2.12. The number of halogens is 4. The highest BCUT2D eigenvalue weighted by molar-refractivity contribution is 6.70. The van der Waals surface area contributed by atoms with Crippen LogP contribution in [0, 0.1) is 27.7 Å². The number of aryl methyl sites for hydroxylation is 2. The van der Waals surface area contributed by atoms with Gasteiger partial charge in [0.15, 0.2) is 0 Å². The quantitative estimate of drug-likeness (QED) is 0.746. The molecule has 0 aliphatic carbocycles. The Morgan fingerprint density at radius 1 is 0.882 bits per heavy atom. The smallest absolute Gasteiger partial charge is 0.237 e. The van der Waals surface area contributed by atoms with Crippen LogP contribution in [0.5, 0.6) is 0 Å². The number of hydrogen-bond donors (Lipinski definition) is 1. The summed E-state index contributed by atoms with van der Waals surface area (Å²) in [6.07, 6.45) is 0. The Hall–Kier alpha value is 0.340. The maximum Gasteiger partial charge on any atom is 0.237 e. The average molecular weight is 316 g/mol. The lowest BCUT2D eigenvalue weighted by atomic mass is 9.91. The molecule has 1 N–H and O–H groups in total. The molecule has 0 aliphatic heterocycles. The summed E-state index contributed by atoms with van der Waals surface area (Å²) in [4.78, 5) is 0. The highest BCUT2D eigenvalue weighted by atomic mass is 35.6. The van der Waals surface area contributed by atoms with Crippen LogP contribution in [0.4, 0.5) is 0 Å². The normalized spacial score (nSPS) is 15.8. The van der Waals surface area contributed by atoms with Crippen LogP contribution in [-0.2, 0) is 5.06 Å². The summed E-state index contributed by atoms with van der Waals surface area (Å²) in [7, 11) is 0. The second-order valence-corrected chi connectivity index (χ2v) is 7.08. The third kappa shape index (κ3) is 2.69. The fourth-order valence-electron chi connectivity index (χ4n) is 1.94. The van der Waals surface area contributed by atoms with Gasteiger partial charge in [0, 0.05) is 5.56 Å². The molecule has 0 saturated heterocycles. The summed E-state index contributed by atoms with van der Waals surface area (Å²) in [6, 6.07) is 1.92. The van der Waals surface area contributed by atoms with Crippen LogP contribution in [0.25, 0.3) is 0 Å². The molecule has 0 saturated carbocycles. The van der Waals surface area contributed by atoms with Crippen molar-refractivity contribution < 1.29 is 5.11 Å². The predicted molar refractivity (Wildman–Crippen MR) is 75.4 cm³/mol. The molecular weight excluding hydrogens is 302 g/mol. The minimum Gasteiger partial charge on any atom is -0.368 e. The molecule has 0 bridgehead atoms. The van der Waals surface area contributed by atoms with E-state index in [1.807, 2.05) is 33.8 Å². The number of rotatable bonds is 1. The first-order chi connectivity index (χ1) is 7.50. The number of aliphatic hydroxyl groups is 1. The Kier molecular flexibility index (Phi) is 4.34. The SMILES string of the molecule is Cc1cc(C)c(C(O)(Cl)C(Cl)(Cl)Cl)c(C)c1C. The summed E-state index contributed by atoms with van der Waals surface area (Å²) in [5, 5.41) is 8.23. The van der Waals surface area contributed by atoms with Crippen LogP contribution in [0.3, 0.4) is 0 Å². The molecule has 1 nitrogen and oxygen atoms in total. The van der Waals surface area contributed by atoms with Crippen LogP contribution < -0.4 is 0 Å². The van der Waals surface area contributed by atoms with Crippen molar-refractivity contribution in [3.63, 3.8) is 0 Å². The lowest BCUT2D eigenvalue weighted by Crippen LogP contribution is -2.35. The van der Waals surface area contributed by atoms with E-state index in [0.717, 1.165) is 22.3 Å². The van der Waals surface area contributed by atoms with Crippen LogP contribution in [0.2, 0.25) is 0 Å². The molecule has 17 heavy (non-hydrogen) atoms. The summed E-state index contributed by atoms with van der Waals surface area (Å²) in [5.74, 6) is 0. The van der Waals surface area contributed by atoms with Crippen LogP contribution in [0.15, 0.2) is 6.07 Å². The number of benzene rings is 1. The summed E-state index contributed by atoms with van der Waals surface area (Å²) in [6.45, 7) is 7.62. The highest BCUT2D eigenvalue weighted by Gasteiger charge is 2.49. The van der Waals surface area contributed by atoms with Crippen molar-refractivity contribution in [2.75, 3.05) is 0 Å². The van der Waals surface area contributed by atoms with E-state index < -0.39 is 8.85 Å². The van der Waals surface area contributed by atoms with Gasteiger partial charge in [-0.25, -0.2) is 0 Å². The van der Waals surface area contributed by atoms with E-state index in [0.29, 0.717) is 5.56 Å². The van der Waals surface area contributed by atoms with E-state index in [4.69, 9.17) is 46.4 Å². The maximum absolute atomic E-state index is 10.3. The molecule has 5 heteroatoms. The van der Waals surface area contributed by atoms with E-state index >= 15 is 0 Å². The summed E-state index contributed by atoms with van der Waals surface area (Å²) >= 11 is 23.3. The van der Waals surface area contributed by atoms with E-state index in [9.17, 15) is 5.11 Å². The van der Waals surface area contributed by atoms with Crippen molar-refractivity contribution >= 4 is 46.4 Å². The van der Waals surface area contributed by atoms with Gasteiger partial charge in [-0.2, -0.15) is 0 Å². The molecular formula is C12H14Cl4O. The topological polar surface area (TPSA) is 20.2 Å². The Bertz CT molecular complexity index is 447. The zero-order valence-corrected chi connectivity index (χ0v) is 13.1. The van der Waals surface area contributed by atoms with Gasteiger partial charge in [0.25, 0.3) is 0 Å². The van der Waals surface area contributed by atoms with Gasteiger partial charge in [-0.1, -0.05) is 52.5 Å². The first-order valence-corrected chi connectivity index (χ1v) is 6.57. The van der Waals surface area contributed by atoms with Crippen molar-refractivity contribution in [2.45, 2.75) is 36.5 Å². The van der Waals surface area contributed by atoms with Crippen LogP contribution >= 0.6 is 46.4 Å². The van der Waals surface area contributed by atoms with Crippen molar-refractivity contribution in [2.24, 2.45) is 0 Å². The number of hydrogen-bond acceptors (Lipinski definition) is 1. The van der Waals surface area contributed by atoms with E-state index in [1.54, 1.807) is 0 Å². The van der Waals surface area contributed by atoms with Gasteiger partial charge in [-0.15, -0.1) is 0 Å². The van der Waals surface area contributed by atoms with Gasteiger partial charge in [-0.3, -0.25) is 0 Å². The lowest BCUT2D eigenvalue weighted by molar-refractivity contribution is 0.131. The van der Waals surface area contributed by atoms with E-state index in [2.05, 4.69) is 0 Å². The predicted octanol–water partition coefficient (Wildman–Crippen LogP) is 4.67. The van der Waals surface area contributed by atoms with Crippen molar-refractivity contribution in [1.82, 2.24) is 0 Å². The van der Waals surface area contributed by atoms with E-state index in [-0.39, 0.29) is 0 Å². The molecule has 0 aromatic heterocycles. The molecule has 1 rings (SSSR count). The Morgan fingerprint density at radius 2 is 1.35 bits per heavy atom. The van der Waals surface area contributed by atoms with E-state index in [1.165, 1.54) is 0 Å². The summed E-state index contributed by atoms with van der Waals surface area (Å²) in [5.41, 5.74) is 4.24. The molecule has 1 unspecified atom stereocenters. The molecule has 0 amide bonds. The molecule has 0 radical (unpaired) electrons. The number of alkyl halides is 4. The molecule has 1 aromatic carbocycles. The second kappa shape index (κ2) is 4.79. The first-order valence-electron chi connectivity index (χ1n) is 5.06. The second-order valence-electron chi connectivity index (χ2n) is 4.26. The van der Waals surface area contributed by atoms with Gasteiger partial charge in [0.2, 0.25) is 8.85 Å². The fourth-order valence-corrected chi connectivity index (χ4v) is 2.51. The standard InChI is InChI=1S/C12H14Cl4O/c1-6-5-7(2)10(9(4)8(6)3)11(13,17)12(14,15)16/h5,17H,1-4H3. The van der Waals surface area contributed by atoms with Gasteiger partial charge in [-0.05, 0) is 49.9 Å². The minimum atomic E-state index is -2.04. The molecule has 1 atom stereocenters. The lowest BCUT2D eigenvalue weighted by Gasteiger charge is -2.32. The molecule has 0 spiro atoms. The van der Waals surface area contributed by atoms with Crippen molar-refractivity contribution in [1.29, 1.82) is 0 Å². The molecule has 0 fully saturated rings. The van der Waals surface area contributed by atoms with Gasteiger partial charge in [0.1, 0.15) is 0 Å². The van der Waals surface area contributed by atoms with Crippen molar-refractivity contribution in [3.05, 3.63) is 33.9 Å².